The Labute approximate surface area is 191 Å². The molecule has 0 bridgehead atoms. The predicted octanol–water partition coefficient (Wildman–Crippen LogP) is 3.00. The SMILES string of the molecule is Cc1cccc(C)c1-c1cc(O[C@@H]2CCNC2)nc(NS(=O)(=O)c2cccc(C(=O)O)c2)n1. The predicted molar refractivity (Wildman–Crippen MR) is 123 cm³/mol. The van der Waals surface area contributed by atoms with E-state index in [2.05, 4.69) is 20.0 Å². The number of nitrogens with one attached hydrogen (secondary N) is 2. The molecular weight excluding hydrogens is 444 g/mol. The van der Waals surface area contributed by atoms with E-state index in [9.17, 15) is 18.3 Å². The van der Waals surface area contributed by atoms with Gasteiger partial charge in [-0.2, -0.15) is 4.98 Å². The van der Waals surface area contributed by atoms with Gasteiger partial charge in [0, 0.05) is 18.2 Å². The Balaban J connectivity index is 1.75. The Hall–Kier alpha value is -3.50. The number of aromatic carboxylic acids is 1. The van der Waals surface area contributed by atoms with Crippen LogP contribution in [0.25, 0.3) is 11.3 Å². The van der Waals surface area contributed by atoms with Crippen molar-refractivity contribution in [3.05, 3.63) is 65.2 Å². The van der Waals surface area contributed by atoms with E-state index >= 15 is 0 Å². The lowest BCUT2D eigenvalue weighted by Gasteiger charge is -2.16. The minimum absolute atomic E-state index is 0.0811. The highest BCUT2D eigenvalue weighted by atomic mass is 32.2. The van der Waals surface area contributed by atoms with E-state index in [1.54, 1.807) is 6.07 Å². The van der Waals surface area contributed by atoms with Crippen molar-refractivity contribution >= 4 is 21.9 Å². The van der Waals surface area contributed by atoms with E-state index in [4.69, 9.17) is 4.74 Å². The molecule has 1 aliphatic heterocycles. The van der Waals surface area contributed by atoms with Gasteiger partial charge in [-0.3, -0.25) is 0 Å². The van der Waals surface area contributed by atoms with E-state index in [1.165, 1.54) is 18.2 Å². The molecule has 2 aromatic carbocycles. The molecule has 1 aromatic heterocycles. The Morgan fingerprint density at radius 1 is 1.12 bits per heavy atom. The largest absolute Gasteiger partial charge is 0.478 e. The summed E-state index contributed by atoms with van der Waals surface area (Å²) in [6.07, 6.45) is 0.730. The van der Waals surface area contributed by atoms with Gasteiger partial charge in [0.15, 0.2) is 0 Å². The standard InChI is InChI=1S/C23H24N4O5S/c1-14-5-3-6-15(2)21(14)19-12-20(32-17-9-10-24-13-17)26-23(25-19)27-33(30,31)18-8-4-7-16(11-18)22(28)29/h3-8,11-12,17,24H,9-10,13H2,1-2H3,(H,28,29)(H,25,26,27)/t17-/m1/s1. The Morgan fingerprint density at radius 2 is 1.85 bits per heavy atom. The minimum atomic E-state index is -4.14. The molecule has 1 saturated heterocycles. The average molecular weight is 469 g/mol. The number of ether oxygens (including phenoxy) is 1. The van der Waals surface area contributed by atoms with Crippen molar-refractivity contribution in [2.24, 2.45) is 0 Å². The monoisotopic (exact) mass is 468 g/mol. The summed E-state index contributed by atoms with van der Waals surface area (Å²) >= 11 is 0. The molecule has 33 heavy (non-hydrogen) atoms. The first-order chi connectivity index (χ1) is 15.7. The molecular formula is C23H24N4O5S. The molecule has 0 radical (unpaired) electrons. The van der Waals surface area contributed by atoms with Gasteiger partial charge >= 0.3 is 5.97 Å². The average Bonchev–Trinajstić information content (AvgIpc) is 3.26. The Kier molecular flexibility index (Phi) is 6.30. The third-order valence-corrected chi connectivity index (χ3v) is 6.69. The quantitative estimate of drug-likeness (QED) is 0.482. The fourth-order valence-corrected chi connectivity index (χ4v) is 4.74. The lowest BCUT2D eigenvalue weighted by Crippen LogP contribution is -2.21. The summed E-state index contributed by atoms with van der Waals surface area (Å²) in [5.74, 6) is -1.12. The Bertz CT molecular complexity index is 1280. The van der Waals surface area contributed by atoms with Crippen LogP contribution in [0.1, 0.15) is 27.9 Å². The summed E-state index contributed by atoms with van der Waals surface area (Å²) in [7, 11) is -4.14. The number of rotatable bonds is 7. The number of carbonyl (C=O) groups is 1. The number of aromatic nitrogens is 2. The summed E-state index contributed by atoms with van der Waals surface area (Å²) in [5, 5.41) is 12.4. The fourth-order valence-electron chi connectivity index (χ4n) is 3.75. The fraction of sp³-hybridized carbons (Fsp3) is 0.261. The number of hydrogen-bond donors (Lipinski definition) is 3. The van der Waals surface area contributed by atoms with Gasteiger partial charge in [-0.25, -0.2) is 22.9 Å². The molecule has 10 heteroatoms. The van der Waals surface area contributed by atoms with Crippen LogP contribution < -0.4 is 14.8 Å². The summed E-state index contributed by atoms with van der Waals surface area (Å²) in [5.41, 5.74) is 3.21. The van der Waals surface area contributed by atoms with Gasteiger partial charge in [0.05, 0.1) is 16.2 Å². The molecule has 1 atom stereocenters. The number of nitrogens with zero attached hydrogens (tertiary/aromatic N) is 2. The van der Waals surface area contributed by atoms with E-state index in [0.717, 1.165) is 35.7 Å². The molecule has 172 valence electrons. The lowest BCUT2D eigenvalue weighted by molar-refractivity contribution is 0.0696. The smallest absolute Gasteiger partial charge is 0.335 e. The van der Waals surface area contributed by atoms with Crippen LogP contribution in [-0.4, -0.2) is 48.7 Å². The maximum atomic E-state index is 13.0. The van der Waals surface area contributed by atoms with Crippen LogP contribution in [0.3, 0.4) is 0 Å². The van der Waals surface area contributed by atoms with Crippen molar-refractivity contribution in [2.75, 3.05) is 17.8 Å². The van der Waals surface area contributed by atoms with Crippen LogP contribution in [0.15, 0.2) is 53.4 Å². The maximum absolute atomic E-state index is 13.0. The molecule has 1 aliphatic rings. The highest BCUT2D eigenvalue weighted by molar-refractivity contribution is 7.92. The molecule has 9 nitrogen and oxygen atoms in total. The third kappa shape index (κ3) is 5.12. The van der Waals surface area contributed by atoms with Crippen molar-refractivity contribution in [2.45, 2.75) is 31.3 Å². The molecule has 2 heterocycles. The molecule has 0 spiro atoms. The second kappa shape index (κ2) is 9.16. The van der Waals surface area contributed by atoms with Gasteiger partial charge in [-0.15, -0.1) is 0 Å². The van der Waals surface area contributed by atoms with Crippen LogP contribution in [0, 0.1) is 13.8 Å². The number of anilines is 1. The summed E-state index contributed by atoms with van der Waals surface area (Å²) in [6, 6.07) is 12.6. The van der Waals surface area contributed by atoms with Crippen molar-refractivity contribution in [3.63, 3.8) is 0 Å². The molecule has 0 saturated carbocycles. The molecule has 1 fully saturated rings. The van der Waals surface area contributed by atoms with E-state index in [0.29, 0.717) is 12.2 Å². The van der Waals surface area contributed by atoms with Crippen molar-refractivity contribution in [3.8, 4) is 17.1 Å². The maximum Gasteiger partial charge on any atom is 0.335 e. The summed E-state index contributed by atoms with van der Waals surface area (Å²) < 4.78 is 34.3. The summed E-state index contributed by atoms with van der Waals surface area (Å²) in [4.78, 5) is 19.8. The highest BCUT2D eigenvalue weighted by Crippen LogP contribution is 2.30. The van der Waals surface area contributed by atoms with Crippen molar-refractivity contribution in [1.29, 1.82) is 0 Å². The molecule has 4 rings (SSSR count). The molecule has 3 N–H and O–H groups in total. The zero-order valence-electron chi connectivity index (χ0n) is 18.2. The number of carboxylic acid groups (broad SMARTS) is 1. The van der Waals surface area contributed by atoms with E-state index < -0.39 is 16.0 Å². The van der Waals surface area contributed by atoms with Gasteiger partial charge in [-0.05, 0) is 56.1 Å². The number of sulfonamides is 1. The zero-order valence-corrected chi connectivity index (χ0v) is 19.0. The van der Waals surface area contributed by atoms with Gasteiger partial charge in [0.1, 0.15) is 6.10 Å². The van der Waals surface area contributed by atoms with Crippen LogP contribution in [0.4, 0.5) is 5.95 Å². The van der Waals surface area contributed by atoms with Crippen molar-refractivity contribution in [1.82, 2.24) is 15.3 Å². The molecule has 0 aliphatic carbocycles. The number of aryl methyl sites for hydroxylation is 2. The second-order valence-corrected chi connectivity index (χ2v) is 9.54. The molecule has 3 aromatic rings. The van der Waals surface area contributed by atoms with E-state index in [-0.39, 0.29) is 28.4 Å². The van der Waals surface area contributed by atoms with Gasteiger partial charge in [-0.1, -0.05) is 24.3 Å². The first-order valence-electron chi connectivity index (χ1n) is 10.4. The first kappa shape index (κ1) is 22.7. The van der Waals surface area contributed by atoms with Crippen LogP contribution in [0.2, 0.25) is 0 Å². The van der Waals surface area contributed by atoms with Crippen LogP contribution in [-0.2, 0) is 10.0 Å². The normalized spacial score (nSPS) is 15.9. The Morgan fingerprint density at radius 3 is 2.52 bits per heavy atom. The van der Waals surface area contributed by atoms with Crippen molar-refractivity contribution < 1.29 is 23.1 Å². The zero-order chi connectivity index (χ0) is 23.6. The topological polar surface area (TPSA) is 131 Å². The van der Waals surface area contributed by atoms with Crippen LogP contribution >= 0.6 is 0 Å². The van der Waals surface area contributed by atoms with Gasteiger partial charge < -0.3 is 15.2 Å². The lowest BCUT2D eigenvalue weighted by atomic mass is 10.00. The number of carboxylic acids is 1. The second-order valence-electron chi connectivity index (χ2n) is 7.85. The number of hydrogen-bond acceptors (Lipinski definition) is 7. The van der Waals surface area contributed by atoms with Gasteiger partial charge in [0.2, 0.25) is 11.8 Å². The third-order valence-electron chi connectivity index (χ3n) is 5.36. The van der Waals surface area contributed by atoms with Gasteiger partial charge in [0.25, 0.3) is 10.0 Å². The van der Waals surface area contributed by atoms with Crippen LogP contribution in [0.5, 0.6) is 5.88 Å². The van der Waals surface area contributed by atoms with E-state index in [1.807, 2.05) is 32.0 Å². The highest BCUT2D eigenvalue weighted by Gasteiger charge is 2.22. The first-order valence-corrected chi connectivity index (χ1v) is 11.9. The molecule has 0 unspecified atom stereocenters. The molecule has 0 amide bonds. The minimum Gasteiger partial charge on any atom is -0.478 e. The summed E-state index contributed by atoms with van der Waals surface area (Å²) in [6.45, 7) is 5.41. The number of benzene rings is 2.